The zero-order valence-electron chi connectivity index (χ0n) is 12.0. The number of rotatable bonds is 3. The summed E-state index contributed by atoms with van der Waals surface area (Å²) in [4.78, 5) is 12.1. The zero-order valence-corrected chi connectivity index (χ0v) is 12.0. The first-order chi connectivity index (χ1) is 8.78. The number of ether oxygens (including phenoxy) is 2. The molecular weight excluding hydrogens is 242 g/mol. The van der Waals surface area contributed by atoms with Crippen molar-refractivity contribution < 1.29 is 14.3 Å². The van der Waals surface area contributed by atoms with Crippen LogP contribution < -0.4 is 4.74 Å². The molecule has 1 aromatic carbocycles. The number of nitriles is 1. The zero-order chi connectivity index (χ0) is 14.6. The predicted molar refractivity (Wildman–Crippen MR) is 72.0 cm³/mol. The molecule has 102 valence electrons. The summed E-state index contributed by atoms with van der Waals surface area (Å²) in [6, 6.07) is 7.06. The molecule has 1 atom stereocenters. The summed E-state index contributed by atoms with van der Waals surface area (Å²) >= 11 is 0. The normalized spacial score (nSPS) is 12.4. The Labute approximate surface area is 113 Å². The Kier molecular flexibility index (Phi) is 4.55. The molecule has 0 aliphatic carbocycles. The topological polar surface area (TPSA) is 59.3 Å². The van der Waals surface area contributed by atoms with Crippen LogP contribution in [0.5, 0.6) is 5.75 Å². The molecule has 19 heavy (non-hydrogen) atoms. The number of methoxy groups -OCH3 is 1. The van der Waals surface area contributed by atoms with Crippen molar-refractivity contribution in [2.45, 2.75) is 39.2 Å². The molecular formula is C15H19NO3. The minimum Gasteiger partial charge on any atom is -0.496 e. The fourth-order valence-corrected chi connectivity index (χ4v) is 1.66. The summed E-state index contributed by atoms with van der Waals surface area (Å²) in [5.41, 5.74) is 0.618. The van der Waals surface area contributed by atoms with Crippen molar-refractivity contribution in [1.82, 2.24) is 0 Å². The van der Waals surface area contributed by atoms with Crippen LogP contribution in [0.25, 0.3) is 0 Å². The molecule has 0 N–H and O–H groups in total. The molecule has 0 saturated heterocycles. The van der Waals surface area contributed by atoms with E-state index < -0.39 is 11.5 Å². The van der Waals surface area contributed by atoms with Gasteiger partial charge in [0.25, 0.3) is 0 Å². The molecule has 1 rings (SSSR count). The summed E-state index contributed by atoms with van der Waals surface area (Å²) in [6.07, 6.45) is 0. The van der Waals surface area contributed by atoms with Gasteiger partial charge in [-0.15, -0.1) is 0 Å². The van der Waals surface area contributed by atoms with Gasteiger partial charge < -0.3 is 9.47 Å². The van der Waals surface area contributed by atoms with Crippen LogP contribution in [0.3, 0.4) is 0 Å². The van der Waals surface area contributed by atoms with Crippen molar-refractivity contribution in [3.63, 3.8) is 0 Å². The largest absolute Gasteiger partial charge is 0.496 e. The van der Waals surface area contributed by atoms with Crippen molar-refractivity contribution in [3.8, 4) is 11.8 Å². The molecule has 1 unspecified atom stereocenters. The molecule has 4 nitrogen and oxygen atoms in total. The Morgan fingerprint density at radius 3 is 2.47 bits per heavy atom. The number of benzene rings is 1. The minimum absolute atomic E-state index is 0.333. The standard InChI is InChI=1S/C15H19NO3/c1-10(14(17)19-15(2,3)4)12-8-11(9-16)6-7-13(12)18-5/h6-8,10H,1-5H3. The molecule has 0 bridgehead atoms. The number of carbonyl (C=O) groups is 1. The van der Waals surface area contributed by atoms with Crippen LogP contribution in [0.15, 0.2) is 18.2 Å². The van der Waals surface area contributed by atoms with Crippen LogP contribution in [0.1, 0.15) is 44.7 Å². The predicted octanol–water partition coefficient (Wildman–Crippen LogP) is 3.01. The van der Waals surface area contributed by atoms with Crippen LogP contribution in [0.2, 0.25) is 0 Å². The molecule has 0 aliphatic heterocycles. The minimum atomic E-state index is -0.536. The average Bonchev–Trinajstić information content (AvgIpc) is 2.35. The quantitative estimate of drug-likeness (QED) is 0.785. The Morgan fingerprint density at radius 2 is 2.00 bits per heavy atom. The second kappa shape index (κ2) is 5.75. The first-order valence-corrected chi connectivity index (χ1v) is 6.09. The van der Waals surface area contributed by atoms with Crippen molar-refractivity contribution in [3.05, 3.63) is 29.3 Å². The van der Waals surface area contributed by atoms with Gasteiger partial charge >= 0.3 is 5.97 Å². The Bertz CT molecular complexity index is 509. The number of hydrogen-bond acceptors (Lipinski definition) is 4. The lowest BCUT2D eigenvalue weighted by molar-refractivity contribution is -0.156. The van der Waals surface area contributed by atoms with Crippen LogP contribution >= 0.6 is 0 Å². The highest BCUT2D eigenvalue weighted by Gasteiger charge is 2.25. The lowest BCUT2D eigenvalue weighted by Gasteiger charge is -2.23. The van der Waals surface area contributed by atoms with Gasteiger partial charge in [-0.25, -0.2) is 0 Å². The van der Waals surface area contributed by atoms with E-state index in [1.165, 1.54) is 7.11 Å². The van der Waals surface area contributed by atoms with Gasteiger partial charge in [0.1, 0.15) is 11.4 Å². The third kappa shape index (κ3) is 3.99. The molecule has 0 spiro atoms. The molecule has 0 heterocycles. The average molecular weight is 261 g/mol. The number of hydrogen-bond donors (Lipinski definition) is 0. The van der Waals surface area contributed by atoms with Crippen molar-refractivity contribution in [1.29, 1.82) is 5.26 Å². The first-order valence-electron chi connectivity index (χ1n) is 6.09. The van der Waals surface area contributed by atoms with Crippen molar-refractivity contribution in [2.24, 2.45) is 0 Å². The monoisotopic (exact) mass is 261 g/mol. The highest BCUT2D eigenvalue weighted by atomic mass is 16.6. The molecule has 0 fully saturated rings. The highest BCUT2D eigenvalue weighted by molar-refractivity contribution is 5.79. The van der Waals surface area contributed by atoms with E-state index in [1.54, 1.807) is 25.1 Å². The lowest BCUT2D eigenvalue weighted by Crippen LogP contribution is -2.27. The maximum Gasteiger partial charge on any atom is 0.313 e. The van der Waals surface area contributed by atoms with Gasteiger partial charge in [-0.3, -0.25) is 4.79 Å². The van der Waals surface area contributed by atoms with Crippen LogP contribution in [-0.4, -0.2) is 18.7 Å². The third-order valence-electron chi connectivity index (χ3n) is 2.59. The first kappa shape index (κ1) is 15.0. The fourth-order valence-electron chi connectivity index (χ4n) is 1.66. The summed E-state index contributed by atoms with van der Waals surface area (Å²) in [7, 11) is 1.53. The maximum absolute atomic E-state index is 12.1. The summed E-state index contributed by atoms with van der Waals surface area (Å²) in [6.45, 7) is 7.20. The summed E-state index contributed by atoms with van der Waals surface area (Å²) in [5.74, 6) is -0.235. The SMILES string of the molecule is COc1ccc(C#N)cc1C(C)C(=O)OC(C)(C)C. The van der Waals surface area contributed by atoms with Gasteiger partial charge in [0.05, 0.1) is 24.7 Å². The van der Waals surface area contributed by atoms with Gasteiger partial charge in [-0.2, -0.15) is 5.26 Å². The van der Waals surface area contributed by atoms with Crippen LogP contribution in [0.4, 0.5) is 0 Å². The van der Waals surface area contributed by atoms with E-state index in [9.17, 15) is 4.79 Å². The van der Waals surface area contributed by atoms with E-state index in [1.807, 2.05) is 20.8 Å². The summed E-state index contributed by atoms with van der Waals surface area (Å²) in [5, 5.41) is 8.93. The van der Waals surface area contributed by atoms with Crippen LogP contribution in [-0.2, 0) is 9.53 Å². The van der Waals surface area contributed by atoms with E-state index in [-0.39, 0.29) is 5.97 Å². The third-order valence-corrected chi connectivity index (χ3v) is 2.59. The van der Waals surface area contributed by atoms with Gasteiger partial charge in [0, 0.05) is 5.56 Å². The Hall–Kier alpha value is -2.02. The van der Waals surface area contributed by atoms with Gasteiger partial charge in [-0.05, 0) is 45.9 Å². The highest BCUT2D eigenvalue weighted by Crippen LogP contribution is 2.29. The van der Waals surface area contributed by atoms with E-state index in [2.05, 4.69) is 6.07 Å². The molecule has 1 aromatic rings. The second-order valence-corrected chi connectivity index (χ2v) is 5.32. The number of carbonyl (C=O) groups excluding carboxylic acids is 1. The molecule has 0 amide bonds. The summed E-state index contributed by atoms with van der Waals surface area (Å²) < 4.78 is 10.6. The van der Waals surface area contributed by atoms with Gasteiger partial charge in [0.15, 0.2) is 0 Å². The molecule has 0 saturated carbocycles. The Balaban J connectivity index is 3.07. The Morgan fingerprint density at radius 1 is 1.37 bits per heavy atom. The molecule has 0 aromatic heterocycles. The van der Waals surface area contributed by atoms with Crippen molar-refractivity contribution in [2.75, 3.05) is 7.11 Å². The molecule has 4 heteroatoms. The van der Waals surface area contributed by atoms with E-state index in [4.69, 9.17) is 14.7 Å². The smallest absolute Gasteiger partial charge is 0.313 e. The fraction of sp³-hybridized carbons (Fsp3) is 0.467. The number of esters is 1. The number of nitrogens with zero attached hydrogens (tertiary/aromatic N) is 1. The van der Waals surface area contributed by atoms with Crippen molar-refractivity contribution >= 4 is 5.97 Å². The van der Waals surface area contributed by atoms with Gasteiger partial charge in [-0.1, -0.05) is 0 Å². The second-order valence-electron chi connectivity index (χ2n) is 5.32. The molecule has 0 aliphatic rings. The van der Waals surface area contributed by atoms with E-state index in [0.29, 0.717) is 16.9 Å². The van der Waals surface area contributed by atoms with Gasteiger partial charge in [0.2, 0.25) is 0 Å². The van der Waals surface area contributed by atoms with Crippen LogP contribution in [0, 0.1) is 11.3 Å². The molecule has 0 radical (unpaired) electrons. The lowest BCUT2D eigenvalue weighted by atomic mass is 9.98. The van der Waals surface area contributed by atoms with E-state index in [0.717, 1.165) is 0 Å². The maximum atomic E-state index is 12.1. The van der Waals surface area contributed by atoms with E-state index >= 15 is 0 Å².